The van der Waals surface area contributed by atoms with Crippen LogP contribution in [0.1, 0.15) is 78.6 Å². The van der Waals surface area contributed by atoms with Crippen molar-refractivity contribution in [1.82, 2.24) is 4.90 Å². The van der Waals surface area contributed by atoms with Gasteiger partial charge in [0.1, 0.15) is 0 Å². The van der Waals surface area contributed by atoms with Crippen LogP contribution in [0.15, 0.2) is 0 Å². The van der Waals surface area contributed by atoms with Crippen molar-refractivity contribution in [2.45, 2.75) is 90.1 Å². The highest BCUT2D eigenvalue weighted by atomic mass is 15.3. The lowest BCUT2D eigenvalue weighted by Crippen LogP contribution is -2.55. The lowest BCUT2D eigenvalue weighted by Gasteiger charge is -2.44. The highest BCUT2D eigenvalue weighted by molar-refractivity contribution is 5.00. The van der Waals surface area contributed by atoms with Gasteiger partial charge in [-0.05, 0) is 56.9 Å². The van der Waals surface area contributed by atoms with E-state index in [9.17, 15) is 0 Å². The van der Waals surface area contributed by atoms with Gasteiger partial charge >= 0.3 is 0 Å². The van der Waals surface area contributed by atoms with E-state index in [4.69, 9.17) is 5.73 Å². The Hall–Kier alpha value is -0.0800. The second kappa shape index (κ2) is 7.26. The molecule has 118 valence electrons. The summed E-state index contributed by atoms with van der Waals surface area (Å²) >= 11 is 0. The first-order valence-electron chi connectivity index (χ1n) is 9.08. The Labute approximate surface area is 126 Å². The van der Waals surface area contributed by atoms with E-state index in [-0.39, 0.29) is 0 Å². The summed E-state index contributed by atoms with van der Waals surface area (Å²) in [6, 6.07) is 0.857. The van der Waals surface area contributed by atoms with E-state index in [2.05, 4.69) is 25.7 Å². The Bertz CT molecular complexity index is 285. The molecule has 0 aromatic heterocycles. The predicted molar refractivity (Wildman–Crippen MR) is 87.8 cm³/mol. The molecule has 20 heavy (non-hydrogen) atoms. The van der Waals surface area contributed by atoms with Gasteiger partial charge in [-0.3, -0.25) is 4.90 Å². The van der Waals surface area contributed by atoms with E-state index in [1.165, 1.54) is 64.3 Å². The molecule has 2 aliphatic carbocycles. The Morgan fingerprint density at radius 3 is 2.45 bits per heavy atom. The van der Waals surface area contributed by atoms with Crippen molar-refractivity contribution < 1.29 is 0 Å². The molecule has 2 aliphatic rings. The summed E-state index contributed by atoms with van der Waals surface area (Å²) < 4.78 is 0. The maximum Gasteiger partial charge on any atom is 0.0334 e. The van der Waals surface area contributed by atoms with Gasteiger partial charge in [0.05, 0.1) is 0 Å². The van der Waals surface area contributed by atoms with E-state index in [1.807, 2.05) is 0 Å². The van der Waals surface area contributed by atoms with Crippen LogP contribution < -0.4 is 5.73 Å². The number of nitrogens with two attached hydrogens (primary N) is 1. The van der Waals surface area contributed by atoms with Crippen molar-refractivity contribution in [3.8, 4) is 0 Å². The smallest absolute Gasteiger partial charge is 0.0334 e. The molecule has 2 heteroatoms. The van der Waals surface area contributed by atoms with Crippen LogP contribution in [0.4, 0.5) is 0 Å². The summed E-state index contributed by atoms with van der Waals surface area (Å²) in [7, 11) is 0. The predicted octanol–water partition coefficient (Wildman–Crippen LogP) is 4.18. The fourth-order valence-corrected chi connectivity index (χ4v) is 4.07. The molecule has 0 heterocycles. The monoisotopic (exact) mass is 280 g/mol. The van der Waals surface area contributed by atoms with E-state index in [0.29, 0.717) is 5.54 Å². The first-order chi connectivity index (χ1) is 9.61. The van der Waals surface area contributed by atoms with Gasteiger partial charge in [0.2, 0.25) is 0 Å². The third-order valence-electron chi connectivity index (χ3n) is 5.77. The molecule has 0 aliphatic heterocycles. The van der Waals surface area contributed by atoms with Gasteiger partial charge in [-0.1, -0.05) is 40.0 Å². The molecule has 2 rings (SSSR count). The van der Waals surface area contributed by atoms with Crippen molar-refractivity contribution in [2.75, 3.05) is 13.1 Å². The standard InChI is InChI=1S/C18H36N2/c1-4-16-6-5-11-18(14-19,12-9-16)20(17-7-8-17)13-10-15(2)3/h15-17H,4-14,19H2,1-3H3. The summed E-state index contributed by atoms with van der Waals surface area (Å²) in [6.07, 6.45) is 12.4. The minimum absolute atomic E-state index is 0.333. The third-order valence-corrected chi connectivity index (χ3v) is 5.77. The summed E-state index contributed by atoms with van der Waals surface area (Å²) in [5, 5.41) is 0. The molecule has 0 spiro atoms. The van der Waals surface area contributed by atoms with Crippen molar-refractivity contribution in [3.63, 3.8) is 0 Å². The second-order valence-corrected chi connectivity index (χ2v) is 7.74. The van der Waals surface area contributed by atoms with Crippen LogP contribution in [0.5, 0.6) is 0 Å². The van der Waals surface area contributed by atoms with Crippen LogP contribution in [0.25, 0.3) is 0 Å². The van der Waals surface area contributed by atoms with Gasteiger partial charge in [0.25, 0.3) is 0 Å². The Morgan fingerprint density at radius 2 is 1.90 bits per heavy atom. The summed E-state index contributed by atoms with van der Waals surface area (Å²) in [5.41, 5.74) is 6.66. The van der Waals surface area contributed by atoms with Gasteiger partial charge in [-0.25, -0.2) is 0 Å². The average Bonchev–Trinajstić information content (AvgIpc) is 3.25. The van der Waals surface area contributed by atoms with Crippen molar-refractivity contribution >= 4 is 0 Å². The zero-order chi connectivity index (χ0) is 14.6. The fraction of sp³-hybridized carbons (Fsp3) is 1.00. The van der Waals surface area contributed by atoms with Gasteiger partial charge in [-0.15, -0.1) is 0 Å². The molecule has 0 bridgehead atoms. The summed E-state index contributed by atoms with van der Waals surface area (Å²) in [4.78, 5) is 2.85. The lowest BCUT2D eigenvalue weighted by molar-refractivity contribution is 0.0634. The Morgan fingerprint density at radius 1 is 1.15 bits per heavy atom. The number of nitrogens with zero attached hydrogens (tertiary/aromatic N) is 1. The van der Waals surface area contributed by atoms with E-state index in [1.54, 1.807) is 0 Å². The molecule has 0 amide bonds. The number of hydrogen-bond acceptors (Lipinski definition) is 2. The van der Waals surface area contributed by atoms with Crippen molar-refractivity contribution in [2.24, 2.45) is 17.6 Å². The van der Waals surface area contributed by atoms with Crippen LogP contribution in [0.3, 0.4) is 0 Å². The molecule has 2 fully saturated rings. The molecular formula is C18H36N2. The molecule has 0 radical (unpaired) electrons. The van der Waals surface area contributed by atoms with E-state index >= 15 is 0 Å². The Kier molecular flexibility index (Phi) is 5.92. The average molecular weight is 281 g/mol. The van der Waals surface area contributed by atoms with E-state index in [0.717, 1.165) is 24.4 Å². The normalized spacial score (nSPS) is 31.8. The lowest BCUT2D eigenvalue weighted by atomic mass is 9.86. The van der Waals surface area contributed by atoms with E-state index < -0.39 is 0 Å². The summed E-state index contributed by atoms with van der Waals surface area (Å²) in [6.45, 7) is 9.20. The largest absolute Gasteiger partial charge is 0.329 e. The SMILES string of the molecule is CCC1CCCC(CN)(N(CCC(C)C)C2CC2)CC1. The van der Waals surface area contributed by atoms with Crippen molar-refractivity contribution in [1.29, 1.82) is 0 Å². The quantitative estimate of drug-likeness (QED) is 0.709. The van der Waals surface area contributed by atoms with Gasteiger partial charge < -0.3 is 5.73 Å². The first-order valence-corrected chi connectivity index (χ1v) is 9.08. The molecule has 2 N–H and O–H groups in total. The molecule has 0 aromatic rings. The molecule has 2 atom stereocenters. The van der Waals surface area contributed by atoms with Crippen LogP contribution in [-0.2, 0) is 0 Å². The highest BCUT2D eigenvalue weighted by Crippen LogP contribution is 2.41. The number of rotatable bonds is 7. The second-order valence-electron chi connectivity index (χ2n) is 7.74. The van der Waals surface area contributed by atoms with Crippen molar-refractivity contribution in [3.05, 3.63) is 0 Å². The number of hydrogen-bond donors (Lipinski definition) is 1. The van der Waals surface area contributed by atoms with Crippen LogP contribution >= 0.6 is 0 Å². The molecule has 0 aromatic carbocycles. The van der Waals surface area contributed by atoms with Gasteiger partial charge in [0, 0.05) is 18.1 Å². The maximum atomic E-state index is 6.33. The van der Waals surface area contributed by atoms with Crippen LogP contribution in [0, 0.1) is 11.8 Å². The van der Waals surface area contributed by atoms with Crippen LogP contribution in [0.2, 0.25) is 0 Å². The molecular weight excluding hydrogens is 244 g/mol. The molecule has 0 saturated heterocycles. The molecule has 2 nitrogen and oxygen atoms in total. The third kappa shape index (κ3) is 3.98. The van der Waals surface area contributed by atoms with Crippen LogP contribution in [-0.4, -0.2) is 29.6 Å². The Balaban J connectivity index is 2.05. The molecule has 2 unspecified atom stereocenters. The highest BCUT2D eigenvalue weighted by Gasteiger charge is 2.43. The minimum Gasteiger partial charge on any atom is -0.329 e. The fourth-order valence-electron chi connectivity index (χ4n) is 4.07. The summed E-state index contributed by atoms with van der Waals surface area (Å²) in [5.74, 6) is 1.76. The molecule has 2 saturated carbocycles. The maximum absolute atomic E-state index is 6.33. The van der Waals surface area contributed by atoms with Gasteiger partial charge in [-0.2, -0.15) is 0 Å². The van der Waals surface area contributed by atoms with Gasteiger partial charge in [0.15, 0.2) is 0 Å². The topological polar surface area (TPSA) is 29.3 Å². The minimum atomic E-state index is 0.333. The zero-order valence-electron chi connectivity index (χ0n) is 14.0. The first kappa shape index (κ1) is 16.3. The zero-order valence-corrected chi connectivity index (χ0v) is 14.0.